The van der Waals surface area contributed by atoms with Gasteiger partial charge in [-0.05, 0) is 36.6 Å². The van der Waals surface area contributed by atoms with Gasteiger partial charge in [0.25, 0.3) is 0 Å². The quantitative estimate of drug-likeness (QED) is 0.916. The minimum atomic E-state index is 0.305. The van der Waals surface area contributed by atoms with E-state index in [-0.39, 0.29) is 0 Å². The van der Waals surface area contributed by atoms with Crippen LogP contribution in [0.5, 0.6) is 0 Å². The number of nitrogen functional groups attached to an aromatic ring is 1. The third-order valence-electron chi connectivity index (χ3n) is 3.26. The van der Waals surface area contributed by atoms with Crippen molar-refractivity contribution in [2.75, 3.05) is 5.73 Å². The molecule has 1 aromatic carbocycles. The number of aryl methyl sites for hydroxylation is 1. The van der Waals surface area contributed by atoms with Gasteiger partial charge < -0.3 is 5.73 Å². The number of anilines is 1. The lowest BCUT2D eigenvalue weighted by molar-refractivity contribution is 0.901. The molecule has 4 heteroatoms. The van der Waals surface area contributed by atoms with Crippen molar-refractivity contribution >= 4 is 21.7 Å². The van der Waals surface area contributed by atoms with E-state index in [0.717, 1.165) is 39.7 Å². The maximum absolute atomic E-state index is 9.43. The van der Waals surface area contributed by atoms with Crippen LogP contribution in [0.1, 0.15) is 30.2 Å². The number of nitrogens with two attached hydrogens (primary N) is 1. The summed E-state index contributed by atoms with van der Waals surface area (Å²) >= 11 is 3.48. The first-order valence-electron chi connectivity index (χ1n) is 6.53. The Labute approximate surface area is 127 Å². The topological polar surface area (TPSA) is 62.7 Å². The first kappa shape index (κ1) is 14.5. The highest BCUT2D eigenvalue weighted by Crippen LogP contribution is 2.33. The Morgan fingerprint density at radius 1 is 1.40 bits per heavy atom. The molecule has 0 bridgehead atoms. The van der Waals surface area contributed by atoms with E-state index >= 15 is 0 Å². The van der Waals surface area contributed by atoms with Crippen LogP contribution in [0.4, 0.5) is 5.82 Å². The lowest BCUT2D eigenvalue weighted by Gasteiger charge is -2.15. The molecule has 1 aromatic heterocycles. The number of hydrogen-bond donors (Lipinski definition) is 1. The Morgan fingerprint density at radius 2 is 2.15 bits per heavy atom. The van der Waals surface area contributed by atoms with Gasteiger partial charge in [-0.2, -0.15) is 5.26 Å². The molecule has 2 aromatic rings. The van der Waals surface area contributed by atoms with E-state index in [1.807, 2.05) is 31.2 Å². The Kier molecular flexibility index (Phi) is 4.41. The van der Waals surface area contributed by atoms with Crippen LogP contribution in [0.3, 0.4) is 0 Å². The normalized spacial score (nSPS) is 10.3. The summed E-state index contributed by atoms with van der Waals surface area (Å²) in [5.74, 6) is 0.305. The van der Waals surface area contributed by atoms with Crippen molar-refractivity contribution in [1.29, 1.82) is 5.26 Å². The second-order valence-corrected chi connectivity index (χ2v) is 5.60. The molecule has 0 aliphatic carbocycles. The lowest BCUT2D eigenvalue weighted by Crippen LogP contribution is -2.05. The lowest BCUT2D eigenvalue weighted by atomic mass is 9.92. The zero-order chi connectivity index (χ0) is 14.7. The van der Waals surface area contributed by atoms with Gasteiger partial charge in [-0.25, -0.2) is 4.98 Å². The average Bonchev–Trinajstić information content (AvgIpc) is 2.41. The predicted octanol–water partition coefficient (Wildman–Crippen LogP) is 4.23. The Bertz CT molecular complexity index is 687. The largest absolute Gasteiger partial charge is 0.383 e. The Balaban J connectivity index is 2.81. The average molecular weight is 330 g/mol. The van der Waals surface area contributed by atoms with E-state index in [4.69, 9.17) is 5.73 Å². The zero-order valence-electron chi connectivity index (χ0n) is 11.6. The van der Waals surface area contributed by atoms with Crippen LogP contribution < -0.4 is 5.73 Å². The monoisotopic (exact) mass is 329 g/mol. The van der Waals surface area contributed by atoms with E-state index in [0.29, 0.717) is 11.4 Å². The van der Waals surface area contributed by atoms with Gasteiger partial charge in [0.1, 0.15) is 17.5 Å². The molecule has 0 radical (unpaired) electrons. The maximum atomic E-state index is 9.43. The SMILES string of the molecule is CCCc1c(C)nc(N)c(C#N)c1-c1cccc(Br)c1. The molecule has 0 saturated heterocycles. The van der Waals surface area contributed by atoms with E-state index in [2.05, 4.69) is 33.9 Å². The number of hydrogen-bond acceptors (Lipinski definition) is 3. The van der Waals surface area contributed by atoms with Gasteiger partial charge in [0.2, 0.25) is 0 Å². The summed E-state index contributed by atoms with van der Waals surface area (Å²) in [6, 6.07) is 10.1. The van der Waals surface area contributed by atoms with E-state index in [1.54, 1.807) is 0 Å². The highest BCUT2D eigenvalue weighted by Gasteiger charge is 2.17. The summed E-state index contributed by atoms with van der Waals surface area (Å²) in [5, 5.41) is 9.43. The summed E-state index contributed by atoms with van der Waals surface area (Å²) in [6.07, 6.45) is 1.88. The molecule has 0 aliphatic heterocycles. The number of benzene rings is 1. The van der Waals surface area contributed by atoms with Crippen LogP contribution in [0.2, 0.25) is 0 Å². The summed E-state index contributed by atoms with van der Waals surface area (Å²) in [4.78, 5) is 4.32. The van der Waals surface area contributed by atoms with Crippen molar-refractivity contribution in [2.45, 2.75) is 26.7 Å². The fraction of sp³-hybridized carbons (Fsp3) is 0.250. The molecule has 0 spiro atoms. The van der Waals surface area contributed by atoms with Crippen LogP contribution >= 0.6 is 15.9 Å². The van der Waals surface area contributed by atoms with Crippen molar-refractivity contribution in [2.24, 2.45) is 0 Å². The van der Waals surface area contributed by atoms with Crippen LogP contribution in [0, 0.1) is 18.3 Å². The molecular weight excluding hydrogens is 314 g/mol. The highest BCUT2D eigenvalue weighted by molar-refractivity contribution is 9.10. The summed E-state index contributed by atoms with van der Waals surface area (Å²) in [5.41, 5.74) is 10.3. The second-order valence-electron chi connectivity index (χ2n) is 4.68. The van der Waals surface area contributed by atoms with Crippen LogP contribution in [0.15, 0.2) is 28.7 Å². The first-order chi connectivity index (χ1) is 9.58. The summed E-state index contributed by atoms with van der Waals surface area (Å²) < 4.78 is 0.981. The summed E-state index contributed by atoms with van der Waals surface area (Å²) in [6.45, 7) is 4.07. The van der Waals surface area contributed by atoms with Gasteiger partial charge >= 0.3 is 0 Å². The number of nitriles is 1. The van der Waals surface area contributed by atoms with Crippen molar-refractivity contribution in [1.82, 2.24) is 4.98 Å². The first-order valence-corrected chi connectivity index (χ1v) is 7.32. The number of halogens is 1. The molecule has 0 aliphatic rings. The Morgan fingerprint density at radius 3 is 2.75 bits per heavy atom. The smallest absolute Gasteiger partial charge is 0.142 e. The predicted molar refractivity (Wildman–Crippen MR) is 85.2 cm³/mol. The van der Waals surface area contributed by atoms with Gasteiger partial charge in [0.15, 0.2) is 0 Å². The molecule has 0 fully saturated rings. The van der Waals surface area contributed by atoms with Crippen LogP contribution in [-0.2, 0) is 6.42 Å². The number of nitrogens with zero attached hydrogens (tertiary/aromatic N) is 2. The molecule has 0 atom stereocenters. The third kappa shape index (κ3) is 2.68. The van der Waals surface area contributed by atoms with Gasteiger partial charge in [-0.3, -0.25) is 0 Å². The van der Waals surface area contributed by atoms with Crippen molar-refractivity contribution in [3.8, 4) is 17.2 Å². The molecule has 20 heavy (non-hydrogen) atoms. The van der Waals surface area contributed by atoms with E-state index in [9.17, 15) is 5.26 Å². The van der Waals surface area contributed by atoms with Crippen LogP contribution in [0.25, 0.3) is 11.1 Å². The molecule has 2 N–H and O–H groups in total. The maximum Gasteiger partial charge on any atom is 0.142 e. The minimum absolute atomic E-state index is 0.305. The minimum Gasteiger partial charge on any atom is -0.383 e. The van der Waals surface area contributed by atoms with E-state index in [1.165, 1.54) is 0 Å². The molecule has 2 rings (SSSR count). The van der Waals surface area contributed by atoms with E-state index < -0.39 is 0 Å². The number of pyridine rings is 1. The molecule has 3 nitrogen and oxygen atoms in total. The van der Waals surface area contributed by atoms with Gasteiger partial charge in [0, 0.05) is 15.7 Å². The van der Waals surface area contributed by atoms with Crippen LogP contribution in [-0.4, -0.2) is 4.98 Å². The zero-order valence-corrected chi connectivity index (χ0v) is 13.2. The van der Waals surface area contributed by atoms with Gasteiger partial charge in [-0.15, -0.1) is 0 Å². The molecule has 0 unspecified atom stereocenters. The van der Waals surface area contributed by atoms with Gasteiger partial charge in [-0.1, -0.05) is 41.4 Å². The molecular formula is C16H16BrN3. The third-order valence-corrected chi connectivity index (χ3v) is 3.75. The number of rotatable bonds is 3. The van der Waals surface area contributed by atoms with Crippen molar-refractivity contribution in [3.63, 3.8) is 0 Å². The fourth-order valence-electron chi connectivity index (χ4n) is 2.40. The molecule has 1 heterocycles. The second kappa shape index (κ2) is 6.06. The Hall–Kier alpha value is -1.86. The molecule has 0 amide bonds. The highest BCUT2D eigenvalue weighted by atomic mass is 79.9. The molecule has 0 saturated carbocycles. The number of aromatic nitrogens is 1. The van der Waals surface area contributed by atoms with Gasteiger partial charge in [0.05, 0.1) is 0 Å². The van der Waals surface area contributed by atoms with Crippen molar-refractivity contribution in [3.05, 3.63) is 45.6 Å². The summed E-state index contributed by atoms with van der Waals surface area (Å²) in [7, 11) is 0. The van der Waals surface area contributed by atoms with Crippen molar-refractivity contribution < 1.29 is 0 Å². The fourth-order valence-corrected chi connectivity index (χ4v) is 2.79. The molecule has 102 valence electrons. The standard InChI is InChI=1S/C16H16BrN3/c1-3-5-13-10(2)20-16(19)14(9-18)15(13)11-6-4-7-12(17)8-11/h4,6-8H,3,5H2,1-2H3,(H2,19,20).